The molecule has 2 heterocycles. The first-order chi connectivity index (χ1) is 9.08. The highest BCUT2D eigenvalue weighted by Crippen LogP contribution is 2.34. The molecule has 0 radical (unpaired) electrons. The molecule has 1 unspecified atom stereocenters. The Morgan fingerprint density at radius 1 is 1.42 bits per heavy atom. The fraction of sp³-hybridized carbons (Fsp3) is 0.429. The molecule has 19 heavy (non-hydrogen) atoms. The molecular weight excluding hydrogens is 249 g/mol. The van der Waals surface area contributed by atoms with Crippen molar-refractivity contribution in [2.75, 3.05) is 18.1 Å². The summed E-state index contributed by atoms with van der Waals surface area (Å²) < 4.78 is 18.8. The zero-order chi connectivity index (χ0) is 13.6. The predicted octanol–water partition coefficient (Wildman–Crippen LogP) is 1.84. The quantitative estimate of drug-likeness (QED) is 0.765. The number of aryl methyl sites for hydroxylation is 1. The van der Waals surface area contributed by atoms with Crippen LogP contribution in [0.25, 0.3) is 0 Å². The van der Waals surface area contributed by atoms with Crippen LogP contribution in [0.2, 0.25) is 0 Å². The van der Waals surface area contributed by atoms with E-state index in [1.54, 1.807) is 6.92 Å². The van der Waals surface area contributed by atoms with E-state index < -0.39 is 17.5 Å². The van der Waals surface area contributed by atoms with E-state index in [0.29, 0.717) is 24.4 Å². The number of fused-ring (bicyclic) bond motifs is 1. The molecule has 1 atom stereocenters. The van der Waals surface area contributed by atoms with Gasteiger partial charge in [0.1, 0.15) is 5.82 Å². The largest absolute Gasteiger partial charge is 0.376 e. The van der Waals surface area contributed by atoms with Gasteiger partial charge in [0.25, 0.3) is 11.7 Å². The molecule has 0 spiro atoms. The Morgan fingerprint density at radius 2 is 2.21 bits per heavy atom. The molecule has 1 saturated heterocycles. The first kappa shape index (κ1) is 12.3. The zero-order valence-corrected chi connectivity index (χ0v) is 10.6. The second kappa shape index (κ2) is 4.42. The Kier molecular flexibility index (Phi) is 2.86. The monoisotopic (exact) mass is 263 g/mol. The minimum atomic E-state index is -0.629. The van der Waals surface area contributed by atoms with Gasteiger partial charge in [-0.3, -0.25) is 9.59 Å². The van der Waals surface area contributed by atoms with Crippen LogP contribution in [0.4, 0.5) is 10.1 Å². The number of carbonyl (C=O) groups excluding carboxylic acids is 2. The SMILES string of the molecule is Cc1cc(F)cc2c1N(CC1CCCO1)C(=O)C2=O. The van der Waals surface area contributed by atoms with E-state index in [4.69, 9.17) is 4.74 Å². The molecule has 0 aliphatic carbocycles. The molecule has 0 N–H and O–H groups in total. The van der Waals surface area contributed by atoms with Gasteiger partial charge in [0.2, 0.25) is 0 Å². The smallest absolute Gasteiger partial charge is 0.299 e. The lowest BCUT2D eigenvalue weighted by molar-refractivity contribution is -0.114. The zero-order valence-electron chi connectivity index (χ0n) is 10.6. The second-order valence-electron chi connectivity index (χ2n) is 5.00. The average Bonchev–Trinajstić information content (AvgIpc) is 2.93. The minimum absolute atomic E-state index is 0.0350. The van der Waals surface area contributed by atoms with Crippen molar-refractivity contribution in [3.8, 4) is 0 Å². The van der Waals surface area contributed by atoms with Gasteiger partial charge in [-0.25, -0.2) is 4.39 Å². The first-order valence-electron chi connectivity index (χ1n) is 6.36. The summed E-state index contributed by atoms with van der Waals surface area (Å²) in [4.78, 5) is 25.3. The van der Waals surface area contributed by atoms with Crippen LogP contribution in [-0.2, 0) is 9.53 Å². The van der Waals surface area contributed by atoms with Crippen LogP contribution in [0.5, 0.6) is 0 Å². The summed E-state index contributed by atoms with van der Waals surface area (Å²) in [6, 6.07) is 2.48. The van der Waals surface area contributed by atoms with E-state index in [9.17, 15) is 14.0 Å². The van der Waals surface area contributed by atoms with Gasteiger partial charge >= 0.3 is 0 Å². The minimum Gasteiger partial charge on any atom is -0.376 e. The van der Waals surface area contributed by atoms with Gasteiger partial charge in [0.05, 0.1) is 23.9 Å². The van der Waals surface area contributed by atoms with Gasteiger partial charge in [-0.05, 0) is 37.5 Å². The van der Waals surface area contributed by atoms with E-state index in [1.165, 1.54) is 11.0 Å². The number of halogens is 1. The Morgan fingerprint density at radius 3 is 2.89 bits per heavy atom. The number of ketones is 1. The van der Waals surface area contributed by atoms with Gasteiger partial charge in [-0.1, -0.05) is 0 Å². The van der Waals surface area contributed by atoms with Gasteiger partial charge in [-0.15, -0.1) is 0 Å². The Bertz CT molecular complexity index is 564. The Labute approximate surface area is 110 Å². The molecule has 0 aromatic heterocycles. The third-order valence-corrected chi connectivity index (χ3v) is 3.63. The molecule has 0 saturated carbocycles. The van der Waals surface area contributed by atoms with Gasteiger partial charge in [0.15, 0.2) is 0 Å². The molecule has 2 aliphatic heterocycles. The van der Waals surface area contributed by atoms with Crippen LogP contribution >= 0.6 is 0 Å². The molecule has 4 nitrogen and oxygen atoms in total. The summed E-state index contributed by atoms with van der Waals surface area (Å²) >= 11 is 0. The van der Waals surface area contributed by atoms with Crippen LogP contribution < -0.4 is 4.90 Å². The molecule has 1 aromatic rings. The fourth-order valence-corrected chi connectivity index (χ4v) is 2.77. The summed E-state index contributed by atoms with van der Waals surface area (Å²) in [7, 11) is 0. The van der Waals surface area contributed by atoms with Crippen molar-refractivity contribution in [2.45, 2.75) is 25.9 Å². The lowest BCUT2D eigenvalue weighted by Gasteiger charge is -2.21. The first-order valence-corrected chi connectivity index (χ1v) is 6.36. The molecule has 1 aromatic carbocycles. The molecule has 5 heteroatoms. The third kappa shape index (κ3) is 1.94. The number of rotatable bonds is 2. The van der Waals surface area contributed by atoms with Crippen molar-refractivity contribution in [2.24, 2.45) is 0 Å². The average molecular weight is 263 g/mol. The molecule has 100 valence electrons. The molecule has 1 amide bonds. The number of benzene rings is 1. The lowest BCUT2D eigenvalue weighted by Crippen LogP contribution is -2.36. The van der Waals surface area contributed by atoms with Crippen LogP contribution in [0.3, 0.4) is 0 Å². The van der Waals surface area contributed by atoms with Crippen molar-refractivity contribution in [3.05, 3.63) is 29.1 Å². The maximum atomic E-state index is 13.3. The molecule has 1 fully saturated rings. The van der Waals surface area contributed by atoms with Crippen molar-refractivity contribution >= 4 is 17.4 Å². The molecule has 3 rings (SSSR count). The molecular formula is C14H14FNO3. The van der Waals surface area contributed by atoms with Gasteiger partial charge in [-0.2, -0.15) is 0 Å². The number of amides is 1. The highest BCUT2D eigenvalue weighted by Gasteiger charge is 2.39. The Hall–Kier alpha value is -1.75. The second-order valence-corrected chi connectivity index (χ2v) is 5.00. The summed E-state index contributed by atoms with van der Waals surface area (Å²) in [5.41, 5.74) is 1.31. The summed E-state index contributed by atoms with van der Waals surface area (Å²) in [5, 5.41) is 0. The molecule has 2 aliphatic rings. The number of nitrogens with zero attached hydrogens (tertiary/aromatic N) is 1. The predicted molar refractivity (Wildman–Crippen MR) is 66.8 cm³/mol. The maximum Gasteiger partial charge on any atom is 0.299 e. The molecule has 0 bridgehead atoms. The van der Waals surface area contributed by atoms with E-state index >= 15 is 0 Å². The standard InChI is InChI=1S/C14H14FNO3/c1-8-5-9(15)6-11-12(8)16(14(18)13(11)17)7-10-3-2-4-19-10/h5-6,10H,2-4,7H2,1H3. The topological polar surface area (TPSA) is 46.6 Å². The highest BCUT2D eigenvalue weighted by atomic mass is 19.1. The normalized spacial score (nSPS) is 22.2. The van der Waals surface area contributed by atoms with E-state index in [1.807, 2.05) is 0 Å². The lowest BCUT2D eigenvalue weighted by atomic mass is 10.1. The van der Waals surface area contributed by atoms with Gasteiger partial charge in [0, 0.05) is 6.61 Å². The van der Waals surface area contributed by atoms with Crippen molar-refractivity contribution in [3.63, 3.8) is 0 Å². The third-order valence-electron chi connectivity index (χ3n) is 3.63. The number of ether oxygens (including phenoxy) is 1. The maximum absolute atomic E-state index is 13.3. The highest BCUT2D eigenvalue weighted by molar-refractivity contribution is 6.52. The van der Waals surface area contributed by atoms with Crippen LogP contribution in [0.15, 0.2) is 12.1 Å². The number of anilines is 1. The number of carbonyl (C=O) groups is 2. The van der Waals surface area contributed by atoms with Crippen LogP contribution in [0, 0.1) is 12.7 Å². The summed E-state index contributed by atoms with van der Waals surface area (Å²) in [5.74, 6) is -1.70. The fourth-order valence-electron chi connectivity index (χ4n) is 2.77. The summed E-state index contributed by atoms with van der Waals surface area (Å²) in [6.07, 6.45) is 1.82. The van der Waals surface area contributed by atoms with E-state index in [2.05, 4.69) is 0 Å². The van der Waals surface area contributed by atoms with Crippen LogP contribution in [-0.4, -0.2) is 30.9 Å². The van der Waals surface area contributed by atoms with Crippen molar-refractivity contribution < 1.29 is 18.7 Å². The Balaban J connectivity index is 1.99. The van der Waals surface area contributed by atoms with E-state index in [-0.39, 0.29) is 11.7 Å². The van der Waals surface area contributed by atoms with E-state index in [0.717, 1.165) is 18.9 Å². The van der Waals surface area contributed by atoms with Gasteiger partial charge < -0.3 is 9.64 Å². The number of hydrogen-bond acceptors (Lipinski definition) is 3. The van der Waals surface area contributed by atoms with Crippen molar-refractivity contribution in [1.29, 1.82) is 0 Å². The van der Waals surface area contributed by atoms with Crippen LogP contribution in [0.1, 0.15) is 28.8 Å². The number of Topliss-reactive ketones (excluding diaryl/α,β-unsaturated/α-hetero) is 1. The number of hydrogen-bond donors (Lipinski definition) is 0. The van der Waals surface area contributed by atoms with Crippen molar-refractivity contribution in [1.82, 2.24) is 0 Å². The summed E-state index contributed by atoms with van der Waals surface area (Å²) in [6.45, 7) is 2.76.